The van der Waals surface area contributed by atoms with Gasteiger partial charge >= 0.3 is 0 Å². The van der Waals surface area contributed by atoms with Crippen LogP contribution in [0, 0.1) is 13.8 Å². The molecule has 0 amide bonds. The largest absolute Gasteiger partial charge is 0.304 e. The van der Waals surface area contributed by atoms with Crippen LogP contribution in [0.4, 0.5) is 0 Å². The Labute approximate surface area is 139 Å². The van der Waals surface area contributed by atoms with Gasteiger partial charge in [0.2, 0.25) is 0 Å². The van der Waals surface area contributed by atoms with Crippen LogP contribution in [0.5, 0.6) is 0 Å². The number of nitrogens with zero attached hydrogens (tertiary/aromatic N) is 5. The summed E-state index contributed by atoms with van der Waals surface area (Å²) in [5.74, 6) is 0.789. The van der Waals surface area contributed by atoms with Gasteiger partial charge in [-0.05, 0) is 38.1 Å². The molecule has 1 unspecified atom stereocenters. The van der Waals surface area contributed by atoms with Gasteiger partial charge in [0, 0.05) is 30.7 Å². The third kappa shape index (κ3) is 3.14. The Balaban J connectivity index is 1.93. The summed E-state index contributed by atoms with van der Waals surface area (Å²) in [7, 11) is 2.16. The minimum atomic E-state index is 0.147. The minimum Gasteiger partial charge on any atom is -0.304 e. The number of benzene rings is 1. The van der Waals surface area contributed by atoms with Crippen molar-refractivity contribution in [3.63, 3.8) is 0 Å². The van der Waals surface area contributed by atoms with Crippen LogP contribution in [0.3, 0.4) is 0 Å². The summed E-state index contributed by atoms with van der Waals surface area (Å²) in [6.07, 6.45) is 0.756. The van der Waals surface area contributed by atoms with Crippen molar-refractivity contribution in [1.29, 1.82) is 0 Å². The summed E-state index contributed by atoms with van der Waals surface area (Å²) < 4.78 is 1.01. The van der Waals surface area contributed by atoms with Gasteiger partial charge in [-0.15, -0.1) is 10.2 Å². The predicted molar refractivity (Wildman–Crippen MR) is 91.6 cm³/mol. The van der Waals surface area contributed by atoms with E-state index in [1.807, 2.05) is 6.07 Å². The van der Waals surface area contributed by atoms with E-state index in [1.54, 1.807) is 0 Å². The number of rotatable bonds is 3. The van der Waals surface area contributed by atoms with Crippen molar-refractivity contribution in [3.8, 4) is 0 Å². The van der Waals surface area contributed by atoms with Crippen LogP contribution in [0.15, 0.2) is 16.6 Å². The molecule has 22 heavy (non-hydrogen) atoms. The highest BCUT2D eigenvalue weighted by molar-refractivity contribution is 9.10. The van der Waals surface area contributed by atoms with Crippen molar-refractivity contribution in [2.24, 2.45) is 0 Å². The number of halogens is 1. The molecule has 6 heteroatoms. The Morgan fingerprint density at radius 3 is 2.64 bits per heavy atom. The van der Waals surface area contributed by atoms with Crippen LogP contribution in [0.1, 0.15) is 23.9 Å². The van der Waals surface area contributed by atoms with Crippen LogP contribution in [-0.4, -0.2) is 58.2 Å². The molecule has 0 aliphatic carbocycles. The molecule has 1 radical (unpaired) electrons. The lowest BCUT2D eigenvalue weighted by Gasteiger charge is -2.36. The Hall–Kier alpha value is -1.11. The molecule has 2 aromatic rings. The van der Waals surface area contributed by atoms with Crippen molar-refractivity contribution in [2.45, 2.75) is 19.4 Å². The van der Waals surface area contributed by atoms with Gasteiger partial charge in [-0.2, -0.15) is 0 Å². The van der Waals surface area contributed by atoms with E-state index in [0.29, 0.717) is 0 Å². The van der Waals surface area contributed by atoms with E-state index in [4.69, 9.17) is 4.98 Å². The molecule has 0 spiro atoms. The minimum absolute atomic E-state index is 0.147. The van der Waals surface area contributed by atoms with Crippen molar-refractivity contribution in [1.82, 2.24) is 25.0 Å². The van der Waals surface area contributed by atoms with E-state index in [9.17, 15) is 0 Å². The monoisotopic (exact) mass is 362 g/mol. The van der Waals surface area contributed by atoms with E-state index in [1.165, 1.54) is 0 Å². The van der Waals surface area contributed by atoms with Gasteiger partial charge in [-0.3, -0.25) is 4.90 Å². The Bertz CT molecular complexity index is 667. The standard InChI is InChI=1S/C16H21BrN5/c1-4-14(22-7-5-21(3)6-8-22)16-18-15-11(2)9-12(17)10-13(15)19-20-16/h9-10,14H,1,4-8H2,2-3H3. The lowest BCUT2D eigenvalue weighted by atomic mass is 10.1. The molecule has 1 saturated heterocycles. The average molecular weight is 363 g/mol. The Morgan fingerprint density at radius 2 is 1.95 bits per heavy atom. The van der Waals surface area contributed by atoms with E-state index in [2.05, 4.69) is 62.9 Å². The second-order valence-electron chi connectivity index (χ2n) is 5.90. The molecule has 0 N–H and O–H groups in total. The summed E-state index contributed by atoms with van der Waals surface area (Å²) in [5, 5.41) is 8.75. The first-order valence-corrected chi connectivity index (χ1v) is 8.40. The van der Waals surface area contributed by atoms with Gasteiger partial charge in [0.05, 0.1) is 11.6 Å². The van der Waals surface area contributed by atoms with Crippen LogP contribution >= 0.6 is 15.9 Å². The zero-order valence-corrected chi connectivity index (χ0v) is 14.7. The number of hydrogen-bond donors (Lipinski definition) is 0. The molecule has 1 aliphatic heterocycles. The normalized spacial score (nSPS) is 18.7. The van der Waals surface area contributed by atoms with Gasteiger partial charge < -0.3 is 4.90 Å². The fraction of sp³-hybridized carbons (Fsp3) is 0.500. The molecule has 1 atom stereocenters. The Kier molecular flexibility index (Phi) is 4.70. The molecule has 1 aromatic heterocycles. The second-order valence-corrected chi connectivity index (χ2v) is 6.82. The van der Waals surface area contributed by atoms with Gasteiger partial charge in [0.25, 0.3) is 0 Å². The molecule has 1 aliphatic rings. The molecule has 117 valence electrons. The summed E-state index contributed by atoms with van der Waals surface area (Å²) in [6.45, 7) is 10.4. The predicted octanol–water partition coefficient (Wildman–Crippen LogP) is 2.61. The van der Waals surface area contributed by atoms with Gasteiger partial charge in [0.15, 0.2) is 5.82 Å². The third-order valence-corrected chi connectivity index (χ3v) is 4.74. The van der Waals surface area contributed by atoms with Gasteiger partial charge in [-0.1, -0.05) is 22.9 Å². The number of hydrogen-bond acceptors (Lipinski definition) is 5. The number of fused-ring (bicyclic) bond motifs is 1. The molecule has 2 heterocycles. The Morgan fingerprint density at radius 1 is 1.23 bits per heavy atom. The molecule has 3 rings (SSSR count). The molecule has 0 bridgehead atoms. The summed E-state index contributed by atoms with van der Waals surface area (Å²) in [5.41, 5.74) is 2.87. The summed E-state index contributed by atoms with van der Waals surface area (Å²) >= 11 is 3.49. The van der Waals surface area contributed by atoms with Crippen LogP contribution in [-0.2, 0) is 0 Å². The molecular weight excluding hydrogens is 342 g/mol. The first-order valence-electron chi connectivity index (χ1n) is 7.61. The second kappa shape index (κ2) is 6.56. The van der Waals surface area contributed by atoms with E-state index < -0.39 is 0 Å². The lowest BCUT2D eigenvalue weighted by molar-refractivity contribution is 0.107. The third-order valence-electron chi connectivity index (χ3n) is 4.28. The maximum absolute atomic E-state index is 4.79. The molecule has 1 aromatic carbocycles. The van der Waals surface area contributed by atoms with Crippen molar-refractivity contribution in [3.05, 3.63) is 34.9 Å². The van der Waals surface area contributed by atoms with E-state index in [-0.39, 0.29) is 6.04 Å². The zero-order valence-electron chi connectivity index (χ0n) is 13.1. The molecule has 5 nitrogen and oxygen atoms in total. The van der Waals surface area contributed by atoms with Crippen LogP contribution in [0.25, 0.3) is 11.0 Å². The van der Waals surface area contributed by atoms with Gasteiger partial charge in [-0.25, -0.2) is 4.98 Å². The summed E-state index contributed by atoms with van der Waals surface area (Å²) in [6, 6.07) is 4.17. The average Bonchev–Trinajstić information content (AvgIpc) is 2.50. The highest BCUT2D eigenvalue weighted by Crippen LogP contribution is 2.25. The quantitative estimate of drug-likeness (QED) is 0.839. The number of piperazine rings is 1. The molecule has 1 fully saturated rings. The van der Waals surface area contributed by atoms with Crippen molar-refractivity contribution in [2.75, 3.05) is 33.2 Å². The topological polar surface area (TPSA) is 45.2 Å². The lowest BCUT2D eigenvalue weighted by Crippen LogP contribution is -2.46. The molecule has 0 saturated carbocycles. The van der Waals surface area contributed by atoms with Gasteiger partial charge in [0.1, 0.15) is 5.52 Å². The highest BCUT2D eigenvalue weighted by atomic mass is 79.9. The SMILES string of the molecule is [CH2]CC(c1nnc2cc(Br)cc(C)c2n1)N1CCN(C)CC1. The van der Waals surface area contributed by atoms with Crippen molar-refractivity contribution < 1.29 is 0 Å². The van der Waals surface area contributed by atoms with Crippen LogP contribution in [0.2, 0.25) is 0 Å². The maximum Gasteiger partial charge on any atom is 0.168 e. The summed E-state index contributed by atoms with van der Waals surface area (Å²) in [4.78, 5) is 9.56. The number of likely N-dealkylation sites (N-methyl/N-ethyl adjacent to an activating group) is 1. The first kappa shape index (κ1) is 15.8. The zero-order chi connectivity index (χ0) is 15.7. The molecular formula is C16H21BrN5. The highest BCUT2D eigenvalue weighted by Gasteiger charge is 2.25. The smallest absolute Gasteiger partial charge is 0.168 e. The number of aromatic nitrogens is 3. The van der Waals surface area contributed by atoms with E-state index in [0.717, 1.165) is 59.5 Å². The van der Waals surface area contributed by atoms with Crippen molar-refractivity contribution >= 4 is 27.0 Å². The first-order chi connectivity index (χ1) is 10.6. The number of aryl methyl sites for hydroxylation is 1. The maximum atomic E-state index is 4.79. The van der Waals surface area contributed by atoms with E-state index >= 15 is 0 Å². The fourth-order valence-corrected chi connectivity index (χ4v) is 3.49. The fourth-order valence-electron chi connectivity index (χ4n) is 2.93. The van der Waals surface area contributed by atoms with Crippen LogP contribution < -0.4 is 0 Å².